The minimum atomic E-state index is -3.40. The quantitative estimate of drug-likeness (QED) is 0.765. The molecule has 1 aromatic carbocycles. The largest absolute Gasteiger partial charge is 0.352 e. The van der Waals surface area contributed by atoms with Gasteiger partial charge in [0.1, 0.15) is 0 Å². The molecule has 1 saturated heterocycles. The fourth-order valence-corrected chi connectivity index (χ4v) is 4.26. The highest BCUT2D eigenvalue weighted by molar-refractivity contribution is 7.91. The number of amides is 1. The van der Waals surface area contributed by atoms with Crippen LogP contribution in [-0.2, 0) is 9.84 Å². The molecule has 1 aliphatic heterocycles. The average molecular weight is 353 g/mol. The number of carbonyl (C=O) groups excluding carboxylic acids is 1. The molecule has 0 aromatic heterocycles. The number of nitrogens with zero attached hydrogens (tertiary/aromatic N) is 1. The first kappa shape index (κ1) is 18.9. The predicted octanol–water partition coefficient (Wildman–Crippen LogP) is 2.33. The van der Waals surface area contributed by atoms with Crippen LogP contribution in [0.15, 0.2) is 29.2 Å². The van der Waals surface area contributed by atoms with E-state index in [4.69, 9.17) is 0 Å². The van der Waals surface area contributed by atoms with Crippen molar-refractivity contribution in [3.63, 3.8) is 0 Å². The van der Waals surface area contributed by atoms with Gasteiger partial charge in [-0.3, -0.25) is 4.79 Å². The molecule has 1 aromatic rings. The molecular weight excluding hydrogens is 324 g/mol. The number of rotatable bonds is 7. The maximum absolute atomic E-state index is 12.3. The van der Waals surface area contributed by atoms with E-state index in [0.717, 1.165) is 32.0 Å². The summed E-state index contributed by atoms with van der Waals surface area (Å²) >= 11 is 0. The predicted molar refractivity (Wildman–Crippen MR) is 96.0 cm³/mol. The lowest BCUT2D eigenvalue weighted by molar-refractivity contribution is 0.0947. The molecule has 1 amide bonds. The van der Waals surface area contributed by atoms with Gasteiger partial charge in [-0.15, -0.1) is 0 Å². The summed E-state index contributed by atoms with van der Waals surface area (Å²) in [6, 6.07) is 6.42. The van der Waals surface area contributed by atoms with E-state index in [1.165, 1.54) is 18.9 Å². The van der Waals surface area contributed by atoms with Crippen molar-refractivity contribution in [3.8, 4) is 0 Å². The highest BCUT2D eigenvalue weighted by Gasteiger charge is 2.20. The van der Waals surface area contributed by atoms with Gasteiger partial charge in [0, 0.05) is 13.1 Å². The SMILES string of the molecule is CCS(=O)(=O)c1ccccc1C(=O)NCCCN1CCC[C@@H](C)C1. The Morgan fingerprint density at radius 1 is 1.33 bits per heavy atom. The maximum Gasteiger partial charge on any atom is 0.252 e. The molecule has 24 heavy (non-hydrogen) atoms. The number of sulfone groups is 1. The van der Waals surface area contributed by atoms with Crippen LogP contribution in [0, 0.1) is 5.92 Å². The van der Waals surface area contributed by atoms with Crippen molar-refractivity contribution in [1.82, 2.24) is 10.2 Å². The number of piperidine rings is 1. The topological polar surface area (TPSA) is 66.5 Å². The molecule has 2 rings (SSSR count). The van der Waals surface area contributed by atoms with Crippen LogP contribution in [0.1, 0.15) is 43.5 Å². The third-order valence-corrected chi connectivity index (χ3v) is 6.31. The molecule has 1 aliphatic rings. The Labute approximate surface area is 145 Å². The first-order valence-electron chi connectivity index (χ1n) is 8.76. The van der Waals surface area contributed by atoms with E-state index in [9.17, 15) is 13.2 Å². The molecular formula is C18H28N2O3S. The van der Waals surface area contributed by atoms with Gasteiger partial charge in [0.15, 0.2) is 9.84 Å². The van der Waals surface area contributed by atoms with Crippen molar-refractivity contribution in [1.29, 1.82) is 0 Å². The minimum absolute atomic E-state index is 0.00949. The molecule has 1 N–H and O–H groups in total. The van der Waals surface area contributed by atoms with Gasteiger partial charge < -0.3 is 10.2 Å². The second-order valence-corrected chi connectivity index (χ2v) is 8.80. The second-order valence-electron chi connectivity index (χ2n) is 6.56. The van der Waals surface area contributed by atoms with Gasteiger partial charge >= 0.3 is 0 Å². The van der Waals surface area contributed by atoms with Crippen LogP contribution in [0.2, 0.25) is 0 Å². The summed E-state index contributed by atoms with van der Waals surface area (Å²) in [5.74, 6) is 0.430. The van der Waals surface area contributed by atoms with Gasteiger partial charge in [-0.1, -0.05) is 26.0 Å². The molecule has 1 fully saturated rings. The molecule has 134 valence electrons. The zero-order valence-electron chi connectivity index (χ0n) is 14.6. The average Bonchev–Trinajstić information content (AvgIpc) is 2.58. The molecule has 0 unspecified atom stereocenters. The molecule has 6 heteroatoms. The Bertz CT molecular complexity index is 658. The van der Waals surface area contributed by atoms with Crippen LogP contribution in [-0.4, -0.2) is 51.2 Å². The molecule has 0 spiro atoms. The van der Waals surface area contributed by atoms with E-state index in [-0.39, 0.29) is 22.1 Å². The lowest BCUT2D eigenvalue weighted by atomic mass is 10.0. The number of carbonyl (C=O) groups is 1. The van der Waals surface area contributed by atoms with Crippen LogP contribution in [0.3, 0.4) is 0 Å². The zero-order valence-corrected chi connectivity index (χ0v) is 15.4. The van der Waals surface area contributed by atoms with Crippen molar-refractivity contribution >= 4 is 15.7 Å². The normalized spacial score (nSPS) is 19.2. The summed E-state index contributed by atoms with van der Waals surface area (Å²) in [5, 5.41) is 2.86. The van der Waals surface area contributed by atoms with Gasteiger partial charge in [-0.2, -0.15) is 0 Å². The van der Waals surface area contributed by atoms with Gasteiger partial charge in [0.05, 0.1) is 16.2 Å². The maximum atomic E-state index is 12.3. The standard InChI is InChI=1S/C18H28N2O3S/c1-3-24(22,23)17-10-5-4-9-16(17)18(21)19-11-7-13-20-12-6-8-15(2)14-20/h4-5,9-10,15H,3,6-8,11-14H2,1-2H3,(H,19,21)/t15-/m1/s1. The first-order chi connectivity index (χ1) is 11.4. The Morgan fingerprint density at radius 3 is 2.79 bits per heavy atom. The zero-order chi connectivity index (χ0) is 17.6. The fraction of sp³-hybridized carbons (Fsp3) is 0.611. The summed E-state index contributed by atoms with van der Waals surface area (Å²) in [5.41, 5.74) is 0.242. The second kappa shape index (κ2) is 8.62. The van der Waals surface area contributed by atoms with Gasteiger partial charge in [-0.25, -0.2) is 8.42 Å². The Balaban J connectivity index is 1.87. The Hall–Kier alpha value is -1.40. The van der Waals surface area contributed by atoms with Crippen LogP contribution in [0.5, 0.6) is 0 Å². The number of hydrogen-bond acceptors (Lipinski definition) is 4. The summed E-state index contributed by atoms with van der Waals surface area (Å²) in [6.07, 6.45) is 3.42. The number of likely N-dealkylation sites (tertiary alicyclic amines) is 1. The van der Waals surface area contributed by atoms with Crippen molar-refractivity contribution in [2.24, 2.45) is 5.92 Å². The first-order valence-corrected chi connectivity index (χ1v) is 10.4. The highest BCUT2D eigenvalue weighted by atomic mass is 32.2. The molecule has 0 bridgehead atoms. The molecule has 0 aliphatic carbocycles. The number of benzene rings is 1. The van der Waals surface area contributed by atoms with Crippen LogP contribution >= 0.6 is 0 Å². The Morgan fingerprint density at radius 2 is 2.08 bits per heavy atom. The van der Waals surface area contributed by atoms with E-state index in [1.54, 1.807) is 25.1 Å². The van der Waals surface area contributed by atoms with E-state index >= 15 is 0 Å². The Kier molecular flexibility index (Phi) is 6.80. The van der Waals surface area contributed by atoms with Crippen molar-refractivity contribution in [2.75, 3.05) is 31.9 Å². The van der Waals surface area contributed by atoms with Crippen molar-refractivity contribution in [3.05, 3.63) is 29.8 Å². The van der Waals surface area contributed by atoms with Gasteiger partial charge in [0.2, 0.25) is 0 Å². The van der Waals surface area contributed by atoms with Crippen molar-refractivity contribution in [2.45, 2.75) is 38.0 Å². The lowest BCUT2D eigenvalue weighted by Crippen LogP contribution is -2.36. The summed E-state index contributed by atoms with van der Waals surface area (Å²) in [6.45, 7) is 7.66. The summed E-state index contributed by atoms with van der Waals surface area (Å²) in [7, 11) is -3.40. The molecule has 1 heterocycles. The molecule has 0 saturated carbocycles. The van der Waals surface area contributed by atoms with Crippen LogP contribution in [0.25, 0.3) is 0 Å². The number of hydrogen-bond donors (Lipinski definition) is 1. The fourth-order valence-electron chi connectivity index (χ4n) is 3.17. The summed E-state index contributed by atoms with van der Waals surface area (Å²) < 4.78 is 24.2. The van der Waals surface area contributed by atoms with Crippen LogP contribution in [0.4, 0.5) is 0 Å². The molecule has 0 radical (unpaired) electrons. The molecule has 5 nitrogen and oxygen atoms in total. The van der Waals surface area contributed by atoms with E-state index in [1.807, 2.05) is 0 Å². The van der Waals surface area contributed by atoms with Crippen molar-refractivity contribution < 1.29 is 13.2 Å². The van der Waals surface area contributed by atoms with E-state index < -0.39 is 9.84 Å². The van der Waals surface area contributed by atoms with Gasteiger partial charge in [-0.05, 0) is 50.4 Å². The van der Waals surface area contributed by atoms with E-state index in [2.05, 4.69) is 17.1 Å². The highest BCUT2D eigenvalue weighted by Crippen LogP contribution is 2.17. The van der Waals surface area contributed by atoms with E-state index in [0.29, 0.717) is 6.54 Å². The monoisotopic (exact) mass is 352 g/mol. The third-order valence-electron chi connectivity index (χ3n) is 4.52. The third kappa shape index (κ3) is 5.05. The lowest BCUT2D eigenvalue weighted by Gasteiger charge is -2.30. The van der Waals surface area contributed by atoms with Gasteiger partial charge in [0.25, 0.3) is 5.91 Å². The molecule has 1 atom stereocenters. The smallest absolute Gasteiger partial charge is 0.252 e. The van der Waals surface area contributed by atoms with Crippen LogP contribution < -0.4 is 5.32 Å². The minimum Gasteiger partial charge on any atom is -0.352 e. The number of nitrogens with one attached hydrogen (secondary N) is 1. The summed E-state index contributed by atoms with van der Waals surface area (Å²) in [4.78, 5) is 14.9.